The van der Waals surface area contributed by atoms with E-state index in [0.29, 0.717) is 17.4 Å². The van der Waals surface area contributed by atoms with E-state index in [2.05, 4.69) is 15.3 Å². The molecule has 0 amide bonds. The molecule has 98 valence electrons. The molecule has 2 aromatic heterocycles. The second-order valence-electron chi connectivity index (χ2n) is 3.85. The highest BCUT2D eigenvalue weighted by atomic mass is 32.1. The van der Waals surface area contributed by atoms with Crippen molar-refractivity contribution in [3.8, 4) is 5.88 Å². The number of nitrogens with two attached hydrogens (primary N) is 1. The Balaban J connectivity index is 2.12. The molecular weight excluding hydrogens is 260 g/mol. The van der Waals surface area contributed by atoms with E-state index < -0.39 is 0 Å². The Morgan fingerprint density at radius 2 is 2.26 bits per heavy atom. The second-order valence-corrected chi connectivity index (χ2v) is 4.29. The van der Waals surface area contributed by atoms with Crippen molar-refractivity contribution >= 4 is 22.9 Å². The smallest absolute Gasteiger partial charge is 0.213 e. The van der Waals surface area contributed by atoms with E-state index in [0.717, 1.165) is 16.8 Å². The highest BCUT2D eigenvalue weighted by molar-refractivity contribution is 7.80. The lowest BCUT2D eigenvalue weighted by Gasteiger charge is -2.10. The summed E-state index contributed by atoms with van der Waals surface area (Å²) in [6.45, 7) is 0.611. The summed E-state index contributed by atoms with van der Waals surface area (Å²) in [5.41, 5.74) is 8.30. The number of aromatic nitrogens is 2. The van der Waals surface area contributed by atoms with Gasteiger partial charge in [-0.1, -0.05) is 12.2 Å². The van der Waals surface area contributed by atoms with Gasteiger partial charge >= 0.3 is 0 Å². The van der Waals surface area contributed by atoms with Gasteiger partial charge in [0, 0.05) is 30.6 Å². The van der Waals surface area contributed by atoms with Gasteiger partial charge in [-0.25, -0.2) is 4.98 Å². The number of thiocarbonyl (C=S) groups is 1. The lowest BCUT2D eigenvalue weighted by Crippen LogP contribution is -2.13. The molecule has 19 heavy (non-hydrogen) atoms. The normalized spacial score (nSPS) is 9.95. The first kappa shape index (κ1) is 13.2. The number of hydrogen-bond donors (Lipinski definition) is 2. The Morgan fingerprint density at radius 3 is 3.00 bits per heavy atom. The van der Waals surface area contributed by atoms with Crippen molar-refractivity contribution in [1.29, 1.82) is 0 Å². The van der Waals surface area contributed by atoms with Crippen LogP contribution in [0.25, 0.3) is 0 Å². The highest BCUT2D eigenvalue weighted by Gasteiger charge is 2.05. The van der Waals surface area contributed by atoms with E-state index >= 15 is 0 Å². The van der Waals surface area contributed by atoms with E-state index in [4.69, 9.17) is 22.7 Å². The van der Waals surface area contributed by atoms with Crippen molar-refractivity contribution < 1.29 is 4.74 Å². The van der Waals surface area contributed by atoms with Crippen LogP contribution < -0.4 is 15.8 Å². The molecule has 5 nitrogen and oxygen atoms in total. The molecule has 0 aliphatic rings. The van der Waals surface area contributed by atoms with Gasteiger partial charge in [-0.05, 0) is 17.7 Å². The molecule has 0 atom stereocenters. The van der Waals surface area contributed by atoms with Crippen molar-refractivity contribution in [2.75, 3.05) is 12.4 Å². The monoisotopic (exact) mass is 274 g/mol. The van der Waals surface area contributed by atoms with Gasteiger partial charge in [0.25, 0.3) is 0 Å². The van der Waals surface area contributed by atoms with Crippen LogP contribution >= 0.6 is 12.2 Å². The first-order valence-corrected chi connectivity index (χ1v) is 6.08. The Kier molecular flexibility index (Phi) is 4.25. The molecule has 6 heteroatoms. The minimum Gasteiger partial charge on any atom is -0.481 e. The lowest BCUT2D eigenvalue weighted by atomic mass is 10.2. The zero-order chi connectivity index (χ0) is 13.7. The van der Waals surface area contributed by atoms with E-state index in [9.17, 15) is 0 Å². The zero-order valence-electron chi connectivity index (χ0n) is 10.5. The second kappa shape index (κ2) is 6.10. The summed E-state index contributed by atoms with van der Waals surface area (Å²) >= 11 is 5.00. The van der Waals surface area contributed by atoms with Gasteiger partial charge < -0.3 is 15.8 Å². The van der Waals surface area contributed by atoms with Crippen LogP contribution in [0, 0.1) is 0 Å². The molecule has 0 aromatic carbocycles. The van der Waals surface area contributed by atoms with Crippen molar-refractivity contribution in [3.05, 3.63) is 47.9 Å². The third-order valence-electron chi connectivity index (χ3n) is 2.58. The van der Waals surface area contributed by atoms with Gasteiger partial charge in [-0.15, -0.1) is 0 Å². The Bertz CT molecular complexity index is 588. The fraction of sp³-hybridized carbons (Fsp3) is 0.154. The molecule has 0 saturated carbocycles. The molecular formula is C13H14N4OS. The van der Waals surface area contributed by atoms with Crippen molar-refractivity contribution in [2.45, 2.75) is 6.54 Å². The van der Waals surface area contributed by atoms with Crippen molar-refractivity contribution in [1.82, 2.24) is 9.97 Å². The summed E-state index contributed by atoms with van der Waals surface area (Å²) in [4.78, 5) is 8.46. The topological polar surface area (TPSA) is 73.1 Å². The van der Waals surface area contributed by atoms with E-state index in [-0.39, 0.29) is 0 Å². The zero-order valence-corrected chi connectivity index (χ0v) is 11.3. The molecule has 0 fully saturated rings. The van der Waals surface area contributed by atoms with Crippen LogP contribution in [-0.2, 0) is 6.54 Å². The first-order valence-electron chi connectivity index (χ1n) is 5.67. The number of nitrogens with one attached hydrogen (secondary N) is 1. The molecule has 0 saturated heterocycles. The maximum atomic E-state index is 5.66. The Labute approximate surface area is 116 Å². The third-order valence-corrected chi connectivity index (χ3v) is 2.80. The predicted molar refractivity (Wildman–Crippen MR) is 78.2 cm³/mol. The molecule has 0 unspecified atom stereocenters. The molecule has 2 heterocycles. The summed E-state index contributed by atoms with van der Waals surface area (Å²) in [5.74, 6) is 0.583. The summed E-state index contributed by atoms with van der Waals surface area (Å²) in [6.07, 6.45) is 5.07. The van der Waals surface area contributed by atoms with E-state index in [1.165, 1.54) is 0 Å². The van der Waals surface area contributed by atoms with Crippen molar-refractivity contribution in [3.63, 3.8) is 0 Å². The summed E-state index contributed by atoms with van der Waals surface area (Å²) in [6, 6.07) is 5.56. The molecule has 0 aliphatic heterocycles. The summed E-state index contributed by atoms with van der Waals surface area (Å²) in [5, 5.41) is 3.25. The van der Waals surface area contributed by atoms with Crippen LogP contribution in [0.3, 0.4) is 0 Å². The number of anilines is 1. The predicted octanol–water partition coefficient (Wildman–Crippen LogP) is 1.73. The quantitative estimate of drug-likeness (QED) is 0.809. The van der Waals surface area contributed by atoms with Crippen LogP contribution in [0.5, 0.6) is 5.88 Å². The van der Waals surface area contributed by atoms with Gasteiger partial charge in [0.15, 0.2) is 0 Å². The number of ether oxygens (including phenoxy) is 1. The molecule has 3 N–H and O–H groups in total. The Morgan fingerprint density at radius 1 is 1.42 bits per heavy atom. The molecule has 2 aromatic rings. The standard InChI is InChI=1S/C13H14N4OS/c1-18-12-6-9(2-5-16-12)7-17-11-8-15-4-3-10(11)13(14)19/h2-6,8,17H,7H2,1H3,(H2,14,19). The molecule has 0 bridgehead atoms. The minimum atomic E-state index is 0.345. The third kappa shape index (κ3) is 3.38. The molecule has 2 rings (SSSR count). The van der Waals surface area contributed by atoms with Gasteiger partial charge in [0.2, 0.25) is 5.88 Å². The van der Waals surface area contributed by atoms with Gasteiger partial charge in [-0.2, -0.15) is 0 Å². The minimum absolute atomic E-state index is 0.345. The average Bonchev–Trinajstić information content (AvgIpc) is 2.45. The largest absolute Gasteiger partial charge is 0.481 e. The lowest BCUT2D eigenvalue weighted by molar-refractivity contribution is 0.397. The highest BCUT2D eigenvalue weighted by Crippen LogP contribution is 2.15. The fourth-order valence-corrected chi connectivity index (χ4v) is 1.80. The first-order chi connectivity index (χ1) is 9.20. The Hall–Kier alpha value is -2.21. The van der Waals surface area contributed by atoms with Crippen LogP contribution in [-0.4, -0.2) is 22.1 Å². The number of nitrogens with zero attached hydrogens (tertiary/aromatic N) is 2. The van der Waals surface area contributed by atoms with Crippen LogP contribution in [0.2, 0.25) is 0 Å². The molecule has 0 spiro atoms. The van der Waals surface area contributed by atoms with E-state index in [1.807, 2.05) is 12.1 Å². The summed E-state index contributed by atoms with van der Waals surface area (Å²) in [7, 11) is 1.59. The maximum absolute atomic E-state index is 5.66. The molecule has 0 radical (unpaired) electrons. The van der Waals surface area contributed by atoms with Gasteiger partial charge in [0.1, 0.15) is 4.99 Å². The number of hydrogen-bond acceptors (Lipinski definition) is 5. The van der Waals surface area contributed by atoms with Gasteiger partial charge in [-0.3, -0.25) is 4.98 Å². The fourth-order valence-electron chi connectivity index (χ4n) is 1.62. The number of pyridine rings is 2. The van der Waals surface area contributed by atoms with Crippen LogP contribution in [0.15, 0.2) is 36.8 Å². The maximum Gasteiger partial charge on any atom is 0.213 e. The molecule has 0 aliphatic carbocycles. The van der Waals surface area contributed by atoms with Crippen LogP contribution in [0.1, 0.15) is 11.1 Å². The summed E-state index contributed by atoms with van der Waals surface area (Å²) < 4.78 is 5.08. The van der Waals surface area contributed by atoms with E-state index in [1.54, 1.807) is 31.8 Å². The SMILES string of the molecule is COc1cc(CNc2cnccc2C(N)=S)ccn1. The van der Waals surface area contributed by atoms with Crippen LogP contribution in [0.4, 0.5) is 5.69 Å². The van der Waals surface area contributed by atoms with Crippen molar-refractivity contribution in [2.24, 2.45) is 5.73 Å². The average molecular weight is 274 g/mol. The van der Waals surface area contributed by atoms with Gasteiger partial charge in [0.05, 0.1) is 19.0 Å². The number of methoxy groups -OCH3 is 1. The number of rotatable bonds is 5.